The van der Waals surface area contributed by atoms with Crippen LogP contribution >= 0.6 is 0 Å². The Bertz CT molecular complexity index is 528. The van der Waals surface area contributed by atoms with Gasteiger partial charge >= 0.3 is 5.69 Å². The first-order valence-electron chi connectivity index (χ1n) is 5.06. The molecule has 0 bridgehead atoms. The number of hydrogen-bond acceptors (Lipinski definition) is 3. The monoisotopic (exact) mass is 223 g/mol. The summed E-state index contributed by atoms with van der Waals surface area (Å²) in [5, 5.41) is 0.497. The van der Waals surface area contributed by atoms with E-state index in [1.165, 1.54) is 7.05 Å². The topological polar surface area (TPSA) is 91.7 Å². The van der Waals surface area contributed by atoms with Crippen molar-refractivity contribution in [3.63, 3.8) is 0 Å². The van der Waals surface area contributed by atoms with E-state index < -0.39 is 5.69 Å². The van der Waals surface area contributed by atoms with Crippen molar-refractivity contribution in [3.8, 4) is 0 Å². The zero-order valence-corrected chi connectivity index (χ0v) is 9.70. The first-order valence-corrected chi connectivity index (χ1v) is 5.06. The van der Waals surface area contributed by atoms with Crippen LogP contribution in [-0.2, 0) is 0 Å². The normalized spacial score (nSPS) is 8.50. The van der Waals surface area contributed by atoms with Gasteiger partial charge in [-0.3, -0.25) is 9.78 Å². The van der Waals surface area contributed by atoms with Crippen LogP contribution in [0, 0.1) is 0 Å². The summed E-state index contributed by atoms with van der Waals surface area (Å²) < 4.78 is 0. The molecule has 16 heavy (non-hydrogen) atoms. The molecule has 0 atom stereocenters. The molecule has 0 radical (unpaired) electrons. The number of hydrogen-bond donors (Lipinski definition) is 3. The average Bonchev–Trinajstić information content (AvgIpc) is 2.34. The number of nitrogens with two attached hydrogens (primary N) is 1. The number of H-pyrrole nitrogens is 2. The predicted molar refractivity (Wildman–Crippen MR) is 66.6 cm³/mol. The third-order valence-electron chi connectivity index (χ3n) is 1.65. The van der Waals surface area contributed by atoms with Crippen molar-refractivity contribution in [2.75, 3.05) is 7.05 Å². The number of benzene rings is 1. The molecule has 2 aromatic rings. The molecule has 88 valence electrons. The summed E-state index contributed by atoms with van der Waals surface area (Å²) in [6, 6.07) is 6.85. The van der Waals surface area contributed by atoms with Crippen LogP contribution in [0.5, 0.6) is 0 Å². The lowest BCUT2D eigenvalue weighted by molar-refractivity contribution is 1.08. The smallest absolute Gasteiger partial charge is 0.326 e. The first-order chi connectivity index (χ1) is 7.77. The van der Waals surface area contributed by atoms with Gasteiger partial charge in [-0.2, -0.15) is 0 Å². The Hall–Kier alpha value is -1.88. The minimum absolute atomic E-state index is 0.352. The maximum atomic E-state index is 11.1. The molecule has 0 spiro atoms. The van der Waals surface area contributed by atoms with E-state index in [0.717, 1.165) is 0 Å². The van der Waals surface area contributed by atoms with E-state index in [1.807, 2.05) is 13.8 Å². The zero-order valence-electron chi connectivity index (χ0n) is 9.70. The number of para-hydroxylation sites is 1. The van der Waals surface area contributed by atoms with Gasteiger partial charge < -0.3 is 10.7 Å². The second-order valence-corrected chi connectivity index (χ2v) is 2.45. The molecule has 0 aliphatic rings. The van der Waals surface area contributed by atoms with E-state index in [1.54, 1.807) is 24.3 Å². The molecule has 0 saturated heterocycles. The molecule has 0 saturated carbocycles. The van der Waals surface area contributed by atoms with Crippen LogP contribution in [0.2, 0.25) is 0 Å². The fourth-order valence-corrected chi connectivity index (χ4v) is 1.11. The fourth-order valence-electron chi connectivity index (χ4n) is 1.11. The Morgan fingerprint density at radius 2 is 1.56 bits per heavy atom. The molecule has 0 aliphatic heterocycles. The van der Waals surface area contributed by atoms with Gasteiger partial charge in [0, 0.05) is 0 Å². The van der Waals surface area contributed by atoms with Crippen molar-refractivity contribution >= 4 is 10.9 Å². The van der Waals surface area contributed by atoms with Crippen LogP contribution in [0.3, 0.4) is 0 Å². The Morgan fingerprint density at radius 1 is 1.00 bits per heavy atom. The Morgan fingerprint density at radius 3 is 2.19 bits per heavy atom. The van der Waals surface area contributed by atoms with Crippen molar-refractivity contribution in [3.05, 3.63) is 45.1 Å². The van der Waals surface area contributed by atoms with Crippen molar-refractivity contribution < 1.29 is 0 Å². The molecule has 1 heterocycles. The summed E-state index contributed by atoms with van der Waals surface area (Å²) in [4.78, 5) is 26.6. The molecule has 1 aromatic carbocycles. The molecule has 4 N–H and O–H groups in total. The van der Waals surface area contributed by atoms with Crippen molar-refractivity contribution in [1.82, 2.24) is 9.97 Å². The highest BCUT2D eigenvalue weighted by Gasteiger charge is 1.96. The summed E-state index contributed by atoms with van der Waals surface area (Å²) in [6.45, 7) is 4.00. The average molecular weight is 223 g/mol. The van der Waals surface area contributed by atoms with E-state index in [2.05, 4.69) is 15.7 Å². The molecular formula is C11H17N3O2. The molecule has 5 heteroatoms. The second-order valence-electron chi connectivity index (χ2n) is 2.45. The quantitative estimate of drug-likeness (QED) is 0.617. The predicted octanol–water partition coefficient (Wildman–Crippen LogP) is 0.817. The van der Waals surface area contributed by atoms with Crippen LogP contribution in [0.15, 0.2) is 33.9 Å². The SMILES string of the molecule is CC.CN.O=c1[nH]c(=O)c2ccccc2[nH]1. The Balaban J connectivity index is 0.000000509. The zero-order chi connectivity index (χ0) is 12.6. The number of rotatable bonds is 0. The van der Waals surface area contributed by atoms with Gasteiger partial charge in [-0.15, -0.1) is 0 Å². The maximum Gasteiger partial charge on any atom is 0.326 e. The van der Waals surface area contributed by atoms with Gasteiger partial charge in [0.05, 0.1) is 10.9 Å². The summed E-state index contributed by atoms with van der Waals surface area (Å²) in [5.41, 5.74) is 4.24. The second kappa shape index (κ2) is 7.42. The molecule has 5 nitrogen and oxygen atoms in total. The molecule has 0 aliphatic carbocycles. The molecule has 2 rings (SSSR count). The summed E-state index contributed by atoms with van der Waals surface area (Å²) >= 11 is 0. The van der Waals surface area contributed by atoms with E-state index in [4.69, 9.17) is 0 Å². The van der Waals surface area contributed by atoms with Gasteiger partial charge in [-0.1, -0.05) is 26.0 Å². The molecule has 0 amide bonds. The number of nitrogens with one attached hydrogen (secondary N) is 2. The van der Waals surface area contributed by atoms with E-state index >= 15 is 0 Å². The van der Waals surface area contributed by atoms with Gasteiger partial charge in [0.25, 0.3) is 5.56 Å². The van der Waals surface area contributed by atoms with Gasteiger partial charge in [-0.05, 0) is 19.2 Å². The van der Waals surface area contributed by atoms with E-state index in [0.29, 0.717) is 10.9 Å². The Labute approximate surface area is 93.3 Å². The molecule has 1 aromatic heterocycles. The standard InChI is InChI=1S/C8H6N2O2.C2H6.CH5N/c11-7-5-3-1-2-4-6(5)9-8(12)10-7;2*1-2/h1-4H,(H2,9,10,11,12);1-2H3;2H2,1H3. The van der Waals surface area contributed by atoms with Gasteiger partial charge in [0.2, 0.25) is 0 Å². The van der Waals surface area contributed by atoms with Crippen molar-refractivity contribution in [2.45, 2.75) is 13.8 Å². The highest BCUT2D eigenvalue weighted by atomic mass is 16.2. The van der Waals surface area contributed by atoms with Crippen LogP contribution in [0.1, 0.15) is 13.8 Å². The summed E-state index contributed by atoms with van der Waals surface area (Å²) in [7, 11) is 1.50. The van der Waals surface area contributed by atoms with Crippen LogP contribution in [0.4, 0.5) is 0 Å². The molecule has 0 unspecified atom stereocenters. The fraction of sp³-hybridized carbons (Fsp3) is 0.273. The third-order valence-corrected chi connectivity index (χ3v) is 1.65. The van der Waals surface area contributed by atoms with Gasteiger partial charge in [-0.25, -0.2) is 4.79 Å². The lowest BCUT2D eigenvalue weighted by Gasteiger charge is -1.92. The summed E-state index contributed by atoms with van der Waals surface area (Å²) in [5.74, 6) is 0. The largest absolute Gasteiger partial charge is 0.333 e. The number of aromatic nitrogens is 2. The highest BCUT2D eigenvalue weighted by Crippen LogP contribution is 2.01. The maximum absolute atomic E-state index is 11.1. The van der Waals surface area contributed by atoms with Crippen LogP contribution in [-0.4, -0.2) is 17.0 Å². The van der Waals surface area contributed by atoms with Crippen molar-refractivity contribution in [2.24, 2.45) is 5.73 Å². The van der Waals surface area contributed by atoms with E-state index in [-0.39, 0.29) is 5.56 Å². The minimum atomic E-state index is -0.473. The molecule has 0 fully saturated rings. The lowest BCUT2D eigenvalue weighted by Crippen LogP contribution is -2.21. The summed E-state index contributed by atoms with van der Waals surface area (Å²) in [6.07, 6.45) is 0. The van der Waals surface area contributed by atoms with E-state index in [9.17, 15) is 9.59 Å². The minimum Gasteiger partial charge on any atom is -0.333 e. The van der Waals surface area contributed by atoms with Crippen molar-refractivity contribution in [1.29, 1.82) is 0 Å². The highest BCUT2D eigenvalue weighted by molar-refractivity contribution is 5.76. The molecular weight excluding hydrogens is 206 g/mol. The van der Waals surface area contributed by atoms with Gasteiger partial charge in [0.1, 0.15) is 0 Å². The van der Waals surface area contributed by atoms with Crippen LogP contribution in [0.25, 0.3) is 10.9 Å². The number of aromatic amines is 2. The lowest BCUT2D eigenvalue weighted by atomic mass is 10.2. The van der Waals surface area contributed by atoms with Gasteiger partial charge in [0.15, 0.2) is 0 Å². The first kappa shape index (κ1) is 14.1. The Kier molecular flexibility index (Phi) is 6.55. The third kappa shape index (κ3) is 3.36. The number of fused-ring (bicyclic) bond motifs is 1. The van der Waals surface area contributed by atoms with Crippen LogP contribution < -0.4 is 17.0 Å².